The zero-order valence-corrected chi connectivity index (χ0v) is 11.4. The van der Waals surface area contributed by atoms with Crippen LogP contribution in [0.15, 0.2) is 18.2 Å². The van der Waals surface area contributed by atoms with Gasteiger partial charge in [-0.1, -0.05) is 6.07 Å². The summed E-state index contributed by atoms with van der Waals surface area (Å²) in [6.07, 6.45) is 1.27. The Hall–Kier alpha value is -1.79. The van der Waals surface area contributed by atoms with E-state index < -0.39 is 6.04 Å². The Morgan fingerprint density at radius 1 is 1.30 bits per heavy atom. The summed E-state index contributed by atoms with van der Waals surface area (Å²) in [5.74, 6) is -0.436. The third-order valence-corrected chi connectivity index (χ3v) is 3.46. The summed E-state index contributed by atoms with van der Waals surface area (Å²) in [7, 11) is 0. The molecule has 0 aliphatic carbocycles. The monoisotopic (exact) mass is 279 g/mol. The van der Waals surface area contributed by atoms with Crippen LogP contribution in [0.5, 0.6) is 11.5 Å². The van der Waals surface area contributed by atoms with E-state index in [1.54, 1.807) is 11.0 Å². The molecule has 20 heavy (non-hydrogen) atoms. The highest BCUT2D eigenvalue weighted by Crippen LogP contribution is 2.25. The van der Waals surface area contributed by atoms with E-state index in [-0.39, 0.29) is 17.4 Å². The van der Waals surface area contributed by atoms with E-state index in [4.69, 9.17) is 5.73 Å². The number of hydrogen-bond acceptors (Lipinski definition) is 5. The zero-order chi connectivity index (χ0) is 14.5. The Kier molecular flexibility index (Phi) is 4.81. The summed E-state index contributed by atoms with van der Waals surface area (Å²) in [6.45, 7) is 3.11. The van der Waals surface area contributed by atoms with Crippen molar-refractivity contribution in [3.8, 4) is 11.5 Å². The lowest BCUT2D eigenvalue weighted by Gasteiger charge is -2.23. The first-order valence-corrected chi connectivity index (χ1v) is 6.84. The molecule has 1 heterocycles. The predicted octanol–water partition coefficient (Wildman–Crippen LogP) is -0.211. The average Bonchev–Trinajstić information content (AvgIpc) is 2.71. The first-order chi connectivity index (χ1) is 9.58. The molecule has 1 fully saturated rings. The molecule has 110 valence electrons. The number of benzene rings is 1. The maximum Gasteiger partial charge on any atom is 0.239 e. The van der Waals surface area contributed by atoms with Gasteiger partial charge in [-0.25, -0.2) is 0 Å². The van der Waals surface area contributed by atoms with Gasteiger partial charge in [0.1, 0.15) is 0 Å². The van der Waals surface area contributed by atoms with E-state index >= 15 is 0 Å². The van der Waals surface area contributed by atoms with E-state index in [0.29, 0.717) is 13.0 Å². The predicted molar refractivity (Wildman–Crippen MR) is 75.5 cm³/mol. The van der Waals surface area contributed by atoms with Crippen LogP contribution >= 0.6 is 0 Å². The number of hydrogen-bond donors (Lipinski definition) is 4. The second kappa shape index (κ2) is 6.58. The van der Waals surface area contributed by atoms with Gasteiger partial charge in [0, 0.05) is 19.6 Å². The van der Waals surface area contributed by atoms with Crippen LogP contribution in [-0.2, 0) is 11.2 Å². The van der Waals surface area contributed by atoms with Crippen molar-refractivity contribution < 1.29 is 15.0 Å². The lowest BCUT2D eigenvalue weighted by molar-refractivity contribution is -0.132. The van der Waals surface area contributed by atoms with Crippen molar-refractivity contribution >= 4 is 5.91 Å². The van der Waals surface area contributed by atoms with Crippen LogP contribution in [0.2, 0.25) is 0 Å². The number of amides is 1. The standard InChI is InChI=1S/C14H21N3O3/c15-11(8-10-2-3-12(18)13(19)9-10)14(20)17-6-1-4-16-5-7-17/h2-3,9,11,16,18-19H,1,4-8,15H2/t11-/m0/s1. The van der Waals surface area contributed by atoms with Gasteiger partial charge in [-0.3, -0.25) is 4.79 Å². The SMILES string of the molecule is N[C@@H](Cc1ccc(O)c(O)c1)C(=O)N1CCCNCC1. The van der Waals surface area contributed by atoms with Crippen molar-refractivity contribution in [2.24, 2.45) is 5.73 Å². The zero-order valence-electron chi connectivity index (χ0n) is 11.4. The quantitative estimate of drug-likeness (QED) is 0.574. The van der Waals surface area contributed by atoms with E-state index in [0.717, 1.165) is 31.6 Å². The van der Waals surface area contributed by atoms with Crippen LogP contribution in [0.3, 0.4) is 0 Å². The summed E-state index contributed by atoms with van der Waals surface area (Å²) in [6, 6.07) is 3.87. The van der Waals surface area contributed by atoms with Crippen LogP contribution in [0.4, 0.5) is 0 Å². The summed E-state index contributed by atoms with van der Waals surface area (Å²) in [5, 5.41) is 21.9. The van der Waals surface area contributed by atoms with Gasteiger partial charge in [0.25, 0.3) is 0 Å². The van der Waals surface area contributed by atoms with Gasteiger partial charge in [-0.05, 0) is 37.1 Å². The van der Waals surface area contributed by atoms with Crippen molar-refractivity contribution in [3.05, 3.63) is 23.8 Å². The molecule has 1 aliphatic rings. The number of nitrogens with zero attached hydrogens (tertiary/aromatic N) is 1. The number of carbonyl (C=O) groups excluding carboxylic acids is 1. The lowest BCUT2D eigenvalue weighted by atomic mass is 10.0. The van der Waals surface area contributed by atoms with Gasteiger partial charge in [-0.2, -0.15) is 0 Å². The number of phenolic OH excluding ortho intramolecular Hbond substituents is 2. The molecule has 1 saturated heterocycles. The molecule has 1 aromatic rings. The molecule has 5 N–H and O–H groups in total. The van der Waals surface area contributed by atoms with Crippen molar-refractivity contribution in [2.45, 2.75) is 18.9 Å². The fraction of sp³-hybridized carbons (Fsp3) is 0.500. The molecule has 0 radical (unpaired) electrons. The first kappa shape index (κ1) is 14.6. The van der Waals surface area contributed by atoms with Crippen LogP contribution in [0, 0.1) is 0 Å². The minimum absolute atomic E-state index is 0.0683. The van der Waals surface area contributed by atoms with Crippen LogP contribution in [0.25, 0.3) is 0 Å². The Morgan fingerprint density at radius 2 is 2.10 bits per heavy atom. The molecule has 1 aliphatic heterocycles. The smallest absolute Gasteiger partial charge is 0.239 e. The number of aromatic hydroxyl groups is 2. The fourth-order valence-electron chi connectivity index (χ4n) is 2.34. The molecule has 2 rings (SSSR count). The fourth-order valence-corrected chi connectivity index (χ4v) is 2.34. The van der Waals surface area contributed by atoms with Gasteiger partial charge in [-0.15, -0.1) is 0 Å². The number of rotatable bonds is 3. The second-order valence-electron chi connectivity index (χ2n) is 5.06. The Morgan fingerprint density at radius 3 is 2.85 bits per heavy atom. The number of carbonyl (C=O) groups is 1. The second-order valence-corrected chi connectivity index (χ2v) is 5.06. The third-order valence-electron chi connectivity index (χ3n) is 3.46. The topological polar surface area (TPSA) is 98.8 Å². The van der Waals surface area contributed by atoms with Crippen LogP contribution in [-0.4, -0.2) is 53.2 Å². The normalized spacial score (nSPS) is 17.6. The Balaban J connectivity index is 1.97. The van der Waals surface area contributed by atoms with E-state index in [9.17, 15) is 15.0 Å². The van der Waals surface area contributed by atoms with E-state index in [2.05, 4.69) is 5.32 Å². The molecule has 0 spiro atoms. The molecule has 0 saturated carbocycles. The highest BCUT2D eigenvalue weighted by Gasteiger charge is 2.22. The highest BCUT2D eigenvalue weighted by molar-refractivity contribution is 5.82. The molecule has 1 atom stereocenters. The summed E-state index contributed by atoms with van der Waals surface area (Å²) in [5.41, 5.74) is 6.69. The molecule has 6 heteroatoms. The minimum atomic E-state index is -0.628. The third kappa shape index (κ3) is 3.61. The van der Waals surface area contributed by atoms with E-state index in [1.807, 2.05) is 0 Å². The van der Waals surface area contributed by atoms with E-state index in [1.165, 1.54) is 12.1 Å². The summed E-state index contributed by atoms with van der Waals surface area (Å²) >= 11 is 0. The average molecular weight is 279 g/mol. The van der Waals surface area contributed by atoms with Gasteiger partial charge >= 0.3 is 0 Å². The van der Waals surface area contributed by atoms with Gasteiger partial charge in [0.05, 0.1) is 6.04 Å². The molecule has 1 amide bonds. The molecule has 1 aromatic carbocycles. The molecule has 0 bridgehead atoms. The molecule has 6 nitrogen and oxygen atoms in total. The van der Waals surface area contributed by atoms with Crippen molar-refractivity contribution in [1.29, 1.82) is 0 Å². The van der Waals surface area contributed by atoms with Crippen LogP contribution in [0.1, 0.15) is 12.0 Å². The van der Waals surface area contributed by atoms with Crippen LogP contribution < -0.4 is 11.1 Å². The molecular formula is C14H21N3O3. The van der Waals surface area contributed by atoms with Gasteiger partial charge < -0.3 is 26.2 Å². The summed E-state index contributed by atoms with van der Waals surface area (Å²) in [4.78, 5) is 14.1. The Bertz CT molecular complexity index is 471. The molecule has 0 aromatic heterocycles. The molecular weight excluding hydrogens is 258 g/mol. The van der Waals surface area contributed by atoms with Gasteiger partial charge in [0.2, 0.25) is 5.91 Å². The van der Waals surface area contributed by atoms with Crippen molar-refractivity contribution in [2.75, 3.05) is 26.2 Å². The van der Waals surface area contributed by atoms with Gasteiger partial charge in [0.15, 0.2) is 11.5 Å². The van der Waals surface area contributed by atoms with Crippen molar-refractivity contribution in [3.63, 3.8) is 0 Å². The number of nitrogens with one attached hydrogen (secondary N) is 1. The molecule has 0 unspecified atom stereocenters. The lowest BCUT2D eigenvalue weighted by Crippen LogP contribution is -2.46. The minimum Gasteiger partial charge on any atom is -0.504 e. The van der Waals surface area contributed by atoms with Crippen molar-refractivity contribution in [1.82, 2.24) is 10.2 Å². The number of nitrogens with two attached hydrogens (primary N) is 1. The maximum atomic E-state index is 12.3. The first-order valence-electron chi connectivity index (χ1n) is 6.84. The maximum absolute atomic E-state index is 12.3. The largest absolute Gasteiger partial charge is 0.504 e. The highest BCUT2D eigenvalue weighted by atomic mass is 16.3. The Labute approximate surface area is 118 Å². The summed E-state index contributed by atoms with van der Waals surface area (Å²) < 4.78 is 0. The number of phenols is 2.